The number of carbonyl (C=O) groups excluding carboxylic acids is 2. The zero-order valence-electron chi connectivity index (χ0n) is 59.8. The Morgan fingerprint density at radius 2 is 0.604 bits per heavy atom. The second kappa shape index (κ2) is 76.2. The summed E-state index contributed by atoms with van der Waals surface area (Å²) < 4.78 is 33.3. The molecule has 0 aliphatic rings. The van der Waals surface area contributed by atoms with Crippen molar-refractivity contribution in [3.05, 3.63) is 85.1 Å². The number of nitrogens with two attached hydrogens (primary N) is 1. The van der Waals surface area contributed by atoms with Crippen LogP contribution in [0.2, 0.25) is 0 Å². The van der Waals surface area contributed by atoms with Gasteiger partial charge >= 0.3 is 19.8 Å². The average molecular weight is 1300 g/mol. The third kappa shape index (κ3) is 76.1. The van der Waals surface area contributed by atoms with Crippen LogP contribution in [-0.2, 0) is 32.7 Å². The van der Waals surface area contributed by atoms with Crippen molar-refractivity contribution in [3.63, 3.8) is 0 Å². The number of allylic oxidation sites excluding steroid dienone is 14. The number of hydrogen-bond donors (Lipinski definition) is 2. The largest absolute Gasteiger partial charge is 0.472 e. The monoisotopic (exact) mass is 1290 g/mol. The number of phosphoric ester groups is 1. The molecule has 3 N–H and O–H groups in total. The van der Waals surface area contributed by atoms with Crippen molar-refractivity contribution in [3.8, 4) is 0 Å². The lowest BCUT2D eigenvalue weighted by atomic mass is 10.0. The summed E-state index contributed by atoms with van der Waals surface area (Å²) in [7, 11) is -4.40. The minimum Gasteiger partial charge on any atom is -0.462 e. The van der Waals surface area contributed by atoms with Crippen molar-refractivity contribution in [2.75, 3.05) is 26.4 Å². The van der Waals surface area contributed by atoms with Crippen LogP contribution in [0, 0.1) is 0 Å². The molecule has 91 heavy (non-hydrogen) atoms. The molecule has 0 aliphatic heterocycles. The summed E-state index contributed by atoms with van der Waals surface area (Å²) in [4.78, 5) is 35.4. The van der Waals surface area contributed by atoms with Crippen LogP contribution in [0.25, 0.3) is 0 Å². The molecule has 530 valence electrons. The predicted molar refractivity (Wildman–Crippen MR) is 395 cm³/mol. The minimum absolute atomic E-state index is 0.0538. The molecule has 0 aromatic carbocycles. The van der Waals surface area contributed by atoms with E-state index in [0.29, 0.717) is 6.42 Å². The van der Waals surface area contributed by atoms with E-state index in [1.54, 1.807) is 0 Å². The van der Waals surface area contributed by atoms with Gasteiger partial charge in [0, 0.05) is 19.4 Å². The summed E-state index contributed by atoms with van der Waals surface area (Å²) in [5.74, 6) is -0.808. The second-order valence-corrected chi connectivity index (χ2v) is 27.7. The number of unbranched alkanes of at least 4 members (excludes halogenated alkanes) is 47. The van der Waals surface area contributed by atoms with E-state index in [-0.39, 0.29) is 38.6 Å². The highest BCUT2D eigenvalue weighted by molar-refractivity contribution is 7.47. The van der Waals surface area contributed by atoms with Crippen LogP contribution in [-0.4, -0.2) is 49.3 Å². The van der Waals surface area contributed by atoms with Crippen LogP contribution in [0.4, 0.5) is 0 Å². The zero-order valence-corrected chi connectivity index (χ0v) is 60.7. The number of phosphoric acid groups is 1. The molecule has 2 unspecified atom stereocenters. The van der Waals surface area contributed by atoms with Crippen LogP contribution in [0.5, 0.6) is 0 Å². The number of rotatable bonds is 74. The SMILES string of the molecule is CC/C=C\C/C=C\C/C=C\C/C=C\C/C=C\C/C=C\CCCCCCCCCCCCCCCCCCCCC(=O)OC(COC(=O)CCCCCCCCCCCCCCCCCCCCCCC/C=C\CCCCCCCCCC)COP(=O)(O)OCCN. The van der Waals surface area contributed by atoms with Gasteiger partial charge in [-0.2, -0.15) is 0 Å². The molecule has 0 aromatic heterocycles. The fourth-order valence-corrected chi connectivity index (χ4v) is 12.3. The van der Waals surface area contributed by atoms with E-state index in [1.807, 2.05) is 0 Å². The van der Waals surface area contributed by atoms with Gasteiger partial charge in [0.1, 0.15) is 6.61 Å². The second-order valence-electron chi connectivity index (χ2n) is 26.2. The summed E-state index contributed by atoms with van der Waals surface area (Å²) in [6.07, 6.45) is 103. The maximum absolute atomic E-state index is 12.8. The Balaban J connectivity index is 3.80. The minimum atomic E-state index is -4.40. The van der Waals surface area contributed by atoms with Crippen LogP contribution >= 0.6 is 7.82 Å². The molecule has 0 heterocycles. The lowest BCUT2D eigenvalue weighted by Crippen LogP contribution is -2.29. The van der Waals surface area contributed by atoms with E-state index in [4.69, 9.17) is 24.3 Å². The summed E-state index contributed by atoms with van der Waals surface area (Å²) in [6, 6.07) is 0. The summed E-state index contributed by atoms with van der Waals surface area (Å²) in [6.45, 7) is 3.69. The smallest absolute Gasteiger partial charge is 0.462 e. The Kier molecular flexibility index (Phi) is 73.9. The Morgan fingerprint density at radius 1 is 0.341 bits per heavy atom. The number of carbonyl (C=O) groups is 2. The molecule has 9 nitrogen and oxygen atoms in total. The Bertz CT molecular complexity index is 1770. The Labute approximate surface area is 564 Å². The topological polar surface area (TPSA) is 134 Å². The lowest BCUT2D eigenvalue weighted by Gasteiger charge is -2.19. The van der Waals surface area contributed by atoms with Gasteiger partial charge in [-0.1, -0.05) is 369 Å². The third-order valence-corrected chi connectivity index (χ3v) is 18.2. The molecule has 0 aliphatic carbocycles. The van der Waals surface area contributed by atoms with Crippen molar-refractivity contribution in [1.29, 1.82) is 0 Å². The molecule has 0 amide bonds. The first-order chi connectivity index (χ1) is 44.8. The maximum Gasteiger partial charge on any atom is 0.472 e. The normalized spacial score (nSPS) is 13.3. The van der Waals surface area contributed by atoms with Gasteiger partial charge in [0.25, 0.3) is 0 Å². The van der Waals surface area contributed by atoms with E-state index >= 15 is 0 Å². The van der Waals surface area contributed by atoms with Crippen molar-refractivity contribution >= 4 is 19.8 Å². The van der Waals surface area contributed by atoms with Crippen molar-refractivity contribution in [2.45, 2.75) is 392 Å². The van der Waals surface area contributed by atoms with Gasteiger partial charge in [0.2, 0.25) is 0 Å². The Hall–Kier alpha value is -2.81. The molecular formula is C81H148NO8P. The summed E-state index contributed by atoms with van der Waals surface area (Å²) >= 11 is 0. The summed E-state index contributed by atoms with van der Waals surface area (Å²) in [5, 5.41) is 0. The highest BCUT2D eigenvalue weighted by atomic mass is 31.2. The summed E-state index contributed by atoms with van der Waals surface area (Å²) in [5.41, 5.74) is 5.41. The van der Waals surface area contributed by atoms with Gasteiger partial charge in [-0.05, 0) is 89.9 Å². The Morgan fingerprint density at radius 3 is 0.912 bits per heavy atom. The van der Waals surface area contributed by atoms with Crippen LogP contribution in [0.1, 0.15) is 386 Å². The van der Waals surface area contributed by atoms with Gasteiger partial charge < -0.3 is 20.1 Å². The molecular weight excluding hydrogens is 1150 g/mol. The number of hydrogen-bond acceptors (Lipinski definition) is 8. The molecule has 0 spiro atoms. The fourth-order valence-electron chi connectivity index (χ4n) is 11.5. The van der Waals surface area contributed by atoms with Gasteiger partial charge in [0.05, 0.1) is 13.2 Å². The molecule has 0 aromatic rings. The van der Waals surface area contributed by atoms with Gasteiger partial charge in [0.15, 0.2) is 6.10 Å². The van der Waals surface area contributed by atoms with E-state index < -0.39 is 26.5 Å². The highest BCUT2D eigenvalue weighted by Crippen LogP contribution is 2.43. The van der Waals surface area contributed by atoms with Gasteiger partial charge in [-0.15, -0.1) is 0 Å². The van der Waals surface area contributed by atoms with E-state index in [9.17, 15) is 19.0 Å². The van der Waals surface area contributed by atoms with Crippen molar-refractivity contribution in [2.24, 2.45) is 5.73 Å². The van der Waals surface area contributed by atoms with Gasteiger partial charge in [-0.25, -0.2) is 4.57 Å². The zero-order chi connectivity index (χ0) is 65.8. The standard InChI is InChI=1S/C81H148NO8P/c1-3-5-7-9-11-13-15-17-19-21-23-25-27-29-31-33-35-37-38-39-40-42-44-46-48-50-52-54-56-58-60-62-64-66-68-70-72-74-81(84)90-79(78-89-91(85,86)88-76-75-82)77-87-80(83)73-71-69-67-65-63-61-59-57-55-53-51-49-47-45-43-41-36-34-32-30-28-26-24-22-20-18-16-14-12-10-8-6-4-2/h5,7,11,13,17,19,22-25,29,31,35,37,79H,3-4,6,8-10,12,14-16,18,20-21,26-28,30,32-34,36,38-78,82H2,1-2H3,(H,85,86)/b7-5-,13-11-,19-17-,24-22-,25-23-,31-29-,37-35-. The van der Waals surface area contributed by atoms with E-state index in [2.05, 4.69) is 98.9 Å². The van der Waals surface area contributed by atoms with Gasteiger partial charge in [-0.3, -0.25) is 18.6 Å². The fraction of sp³-hybridized carbons (Fsp3) is 0.802. The van der Waals surface area contributed by atoms with Crippen molar-refractivity contribution in [1.82, 2.24) is 0 Å². The van der Waals surface area contributed by atoms with Crippen LogP contribution in [0.3, 0.4) is 0 Å². The first-order valence-corrected chi connectivity index (χ1v) is 40.6. The molecule has 0 bridgehead atoms. The molecule has 10 heteroatoms. The third-order valence-electron chi connectivity index (χ3n) is 17.3. The molecule has 0 saturated heterocycles. The first-order valence-electron chi connectivity index (χ1n) is 39.1. The molecule has 0 rings (SSSR count). The van der Waals surface area contributed by atoms with Crippen LogP contribution < -0.4 is 5.73 Å². The molecule has 0 fully saturated rings. The quantitative estimate of drug-likeness (QED) is 0.0264. The predicted octanol–water partition coefficient (Wildman–Crippen LogP) is 26.1. The first kappa shape index (κ1) is 88.2. The van der Waals surface area contributed by atoms with Crippen LogP contribution in [0.15, 0.2) is 85.1 Å². The lowest BCUT2D eigenvalue weighted by molar-refractivity contribution is -0.161. The van der Waals surface area contributed by atoms with Crippen molar-refractivity contribution < 1.29 is 37.6 Å². The number of esters is 2. The average Bonchev–Trinajstić information content (AvgIpc) is 3.74. The highest BCUT2D eigenvalue weighted by Gasteiger charge is 2.26. The molecule has 2 atom stereocenters. The number of ether oxygens (including phenoxy) is 2. The molecule has 0 saturated carbocycles. The van der Waals surface area contributed by atoms with E-state index in [0.717, 1.165) is 77.0 Å². The maximum atomic E-state index is 12.8. The van der Waals surface area contributed by atoms with E-state index in [1.165, 1.54) is 276 Å². The molecule has 0 radical (unpaired) electrons.